The molecule has 0 amide bonds. The second kappa shape index (κ2) is 3.39. The van der Waals surface area contributed by atoms with Crippen LogP contribution in [0, 0.1) is 0 Å². The lowest BCUT2D eigenvalue weighted by Crippen LogP contribution is -2.48. The van der Waals surface area contributed by atoms with Gasteiger partial charge in [-0.05, 0) is 24.6 Å². The normalized spacial score (nSPS) is 28.3. The Morgan fingerprint density at radius 1 is 1.33 bits per heavy atom. The van der Waals surface area contributed by atoms with Crippen LogP contribution in [0.2, 0.25) is 0 Å². The van der Waals surface area contributed by atoms with Crippen molar-refractivity contribution in [2.75, 3.05) is 30.4 Å². The predicted octanol–water partition coefficient (Wildman–Crippen LogP) is 2.45. The summed E-state index contributed by atoms with van der Waals surface area (Å²) >= 11 is 3.47. The first-order valence-corrected chi connectivity index (χ1v) is 5.96. The largest absolute Gasteiger partial charge is 0.381 e. The van der Waals surface area contributed by atoms with Gasteiger partial charge in [-0.2, -0.15) is 0 Å². The van der Waals surface area contributed by atoms with Crippen molar-refractivity contribution in [3.8, 4) is 0 Å². The Morgan fingerprint density at radius 2 is 2.27 bits per heavy atom. The first-order chi connectivity index (χ1) is 7.27. The van der Waals surface area contributed by atoms with E-state index >= 15 is 0 Å². The van der Waals surface area contributed by atoms with Gasteiger partial charge in [0.05, 0.1) is 23.5 Å². The number of fused-ring (bicyclic) bond motifs is 1. The zero-order chi connectivity index (χ0) is 10.3. The third kappa shape index (κ3) is 1.62. The van der Waals surface area contributed by atoms with Gasteiger partial charge in [-0.25, -0.2) is 0 Å². The molecule has 4 heteroatoms. The topological polar surface area (TPSA) is 33.3 Å². The van der Waals surface area contributed by atoms with E-state index in [-0.39, 0.29) is 5.54 Å². The van der Waals surface area contributed by atoms with E-state index in [1.807, 2.05) is 0 Å². The number of rotatable bonds is 0. The molecule has 3 nitrogen and oxygen atoms in total. The Morgan fingerprint density at radius 3 is 3.07 bits per heavy atom. The second-order valence-electron chi connectivity index (χ2n) is 4.25. The van der Waals surface area contributed by atoms with Crippen molar-refractivity contribution < 1.29 is 4.74 Å². The maximum absolute atomic E-state index is 5.46. The van der Waals surface area contributed by atoms with Crippen molar-refractivity contribution in [3.05, 3.63) is 22.7 Å². The molecule has 1 unspecified atom stereocenters. The van der Waals surface area contributed by atoms with Gasteiger partial charge in [-0.3, -0.25) is 0 Å². The number of nitrogens with one attached hydrogen (secondary N) is 2. The van der Waals surface area contributed by atoms with Gasteiger partial charge in [-0.1, -0.05) is 15.9 Å². The maximum Gasteiger partial charge on any atom is 0.0801 e. The summed E-state index contributed by atoms with van der Waals surface area (Å²) in [6.45, 7) is 2.60. The van der Waals surface area contributed by atoms with E-state index in [1.54, 1.807) is 0 Å². The van der Waals surface area contributed by atoms with Crippen LogP contribution in [-0.2, 0) is 4.74 Å². The summed E-state index contributed by atoms with van der Waals surface area (Å²) in [6.07, 6.45) is 1.08. The highest BCUT2D eigenvalue weighted by molar-refractivity contribution is 9.10. The highest BCUT2D eigenvalue weighted by Crippen LogP contribution is 2.35. The monoisotopic (exact) mass is 268 g/mol. The lowest BCUT2D eigenvalue weighted by Gasteiger charge is -2.36. The Bertz CT molecular complexity index is 388. The maximum atomic E-state index is 5.46. The van der Waals surface area contributed by atoms with Crippen molar-refractivity contribution >= 4 is 27.3 Å². The van der Waals surface area contributed by atoms with E-state index in [0.717, 1.165) is 30.7 Å². The molecule has 15 heavy (non-hydrogen) atoms. The second-order valence-corrected chi connectivity index (χ2v) is 5.17. The van der Waals surface area contributed by atoms with Gasteiger partial charge in [-0.15, -0.1) is 0 Å². The molecule has 1 fully saturated rings. The van der Waals surface area contributed by atoms with Gasteiger partial charge in [0.15, 0.2) is 0 Å². The molecular formula is C11H13BrN2O. The van der Waals surface area contributed by atoms with Crippen LogP contribution < -0.4 is 10.6 Å². The van der Waals surface area contributed by atoms with E-state index in [2.05, 4.69) is 44.8 Å². The highest BCUT2D eigenvalue weighted by atomic mass is 79.9. The molecule has 1 aromatic carbocycles. The van der Waals surface area contributed by atoms with Crippen LogP contribution in [0.25, 0.3) is 0 Å². The van der Waals surface area contributed by atoms with E-state index in [0.29, 0.717) is 0 Å². The summed E-state index contributed by atoms with van der Waals surface area (Å²) in [7, 11) is 0. The van der Waals surface area contributed by atoms with E-state index < -0.39 is 0 Å². The summed E-state index contributed by atoms with van der Waals surface area (Å²) in [6, 6.07) is 6.26. The molecule has 0 saturated carbocycles. The third-order valence-electron chi connectivity index (χ3n) is 3.10. The smallest absolute Gasteiger partial charge is 0.0801 e. The standard InChI is InChI=1S/C11H13BrN2O/c12-8-1-2-9-10(5-8)13-6-11(14-9)3-4-15-7-11/h1-2,5,13-14H,3-4,6-7H2. The molecule has 80 valence electrons. The summed E-state index contributed by atoms with van der Waals surface area (Å²) in [4.78, 5) is 0. The molecule has 1 saturated heterocycles. The minimum Gasteiger partial charge on any atom is -0.381 e. The molecule has 1 atom stereocenters. The molecule has 2 heterocycles. The zero-order valence-electron chi connectivity index (χ0n) is 8.35. The number of halogens is 1. The first kappa shape index (κ1) is 9.48. The minimum absolute atomic E-state index is 0.112. The Hall–Kier alpha value is -0.740. The van der Waals surface area contributed by atoms with Crippen LogP contribution in [0.4, 0.5) is 11.4 Å². The Kier molecular flexibility index (Phi) is 2.14. The molecule has 2 aliphatic heterocycles. The quantitative estimate of drug-likeness (QED) is 0.759. The van der Waals surface area contributed by atoms with Crippen LogP contribution in [-0.4, -0.2) is 25.3 Å². The van der Waals surface area contributed by atoms with Crippen molar-refractivity contribution in [1.29, 1.82) is 0 Å². The Labute approximate surface area is 97.3 Å². The summed E-state index contributed by atoms with van der Waals surface area (Å²) < 4.78 is 6.57. The van der Waals surface area contributed by atoms with Crippen molar-refractivity contribution in [2.45, 2.75) is 12.0 Å². The first-order valence-electron chi connectivity index (χ1n) is 5.17. The molecule has 0 radical (unpaired) electrons. The average Bonchev–Trinajstić information content (AvgIpc) is 2.67. The van der Waals surface area contributed by atoms with Gasteiger partial charge in [0.2, 0.25) is 0 Å². The van der Waals surface area contributed by atoms with Crippen LogP contribution in [0.1, 0.15) is 6.42 Å². The fourth-order valence-corrected chi connectivity index (χ4v) is 2.57. The molecule has 3 rings (SSSR count). The van der Waals surface area contributed by atoms with Crippen LogP contribution >= 0.6 is 15.9 Å². The van der Waals surface area contributed by atoms with E-state index in [4.69, 9.17) is 4.74 Å². The molecule has 2 aliphatic rings. The number of anilines is 2. The van der Waals surface area contributed by atoms with Gasteiger partial charge in [0.1, 0.15) is 0 Å². The average molecular weight is 269 g/mol. The van der Waals surface area contributed by atoms with Crippen LogP contribution in [0.3, 0.4) is 0 Å². The van der Waals surface area contributed by atoms with Gasteiger partial charge < -0.3 is 15.4 Å². The van der Waals surface area contributed by atoms with Crippen molar-refractivity contribution in [2.24, 2.45) is 0 Å². The number of hydrogen-bond donors (Lipinski definition) is 2. The minimum atomic E-state index is 0.112. The molecule has 1 spiro atoms. The van der Waals surface area contributed by atoms with E-state index in [9.17, 15) is 0 Å². The van der Waals surface area contributed by atoms with Crippen molar-refractivity contribution in [3.63, 3.8) is 0 Å². The third-order valence-corrected chi connectivity index (χ3v) is 3.60. The fraction of sp³-hybridized carbons (Fsp3) is 0.455. The zero-order valence-corrected chi connectivity index (χ0v) is 9.93. The van der Waals surface area contributed by atoms with Crippen LogP contribution in [0.5, 0.6) is 0 Å². The number of ether oxygens (including phenoxy) is 1. The van der Waals surface area contributed by atoms with Crippen LogP contribution in [0.15, 0.2) is 22.7 Å². The molecule has 1 aromatic rings. The predicted molar refractivity (Wildman–Crippen MR) is 64.4 cm³/mol. The lowest BCUT2D eigenvalue weighted by atomic mass is 9.95. The SMILES string of the molecule is Brc1ccc2c(c1)NCC1(CCOC1)N2. The highest BCUT2D eigenvalue weighted by Gasteiger charge is 2.37. The molecular weight excluding hydrogens is 256 g/mol. The number of benzene rings is 1. The lowest BCUT2D eigenvalue weighted by molar-refractivity contribution is 0.184. The fourth-order valence-electron chi connectivity index (χ4n) is 2.21. The summed E-state index contributed by atoms with van der Waals surface area (Å²) in [5.41, 5.74) is 2.46. The van der Waals surface area contributed by atoms with Gasteiger partial charge in [0, 0.05) is 17.6 Å². The number of hydrogen-bond acceptors (Lipinski definition) is 3. The molecule has 0 aliphatic carbocycles. The van der Waals surface area contributed by atoms with Gasteiger partial charge in [0.25, 0.3) is 0 Å². The van der Waals surface area contributed by atoms with Crippen molar-refractivity contribution in [1.82, 2.24) is 0 Å². The summed E-state index contributed by atoms with van der Waals surface area (Å²) in [5.74, 6) is 0. The molecule has 0 aromatic heterocycles. The van der Waals surface area contributed by atoms with E-state index in [1.165, 1.54) is 11.4 Å². The summed E-state index contributed by atoms with van der Waals surface area (Å²) in [5, 5.41) is 7.05. The van der Waals surface area contributed by atoms with Gasteiger partial charge >= 0.3 is 0 Å². The molecule has 2 N–H and O–H groups in total. The Balaban J connectivity index is 1.93. The molecule has 0 bridgehead atoms.